The Bertz CT molecular complexity index is 582. The van der Waals surface area contributed by atoms with Gasteiger partial charge < -0.3 is 10.5 Å². The number of hydrogen-bond donors (Lipinski definition) is 1. The Morgan fingerprint density at radius 3 is 2.65 bits per heavy atom. The molecule has 0 saturated carbocycles. The van der Waals surface area contributed by atoms with Crippen LogP contribution in [0.3, 0.4) is 0 Å². The van der Waals surface area contributed by atoms with Crippen molar-refractivity contribution in [2.75, 3.05) is 19.8 Å². The van der Waals surface area contributed by atoms with Crippen molar-refractivity contribution in [3.05, 3.63) is 35.4 Å². The van der Waals surface area contributed by atoms with Gasteiger partial charge in [0, 0.05) is 19.8 Å². The average molecular weight is 324 g/mol. The molecule has 0 aliphatic carbocycles. The molecule has 3 rings (SSSR count). The van der Waals surface area contributed by atoms with Gasteiger partial charge in [-0.1, -0.05) is 6.07 Å². The van der Waals surface area contributed by atoms with Crippen molar-refractivity contribution in [1.29, 1.82) is 0 Å². The molecule has 1 unspecified atom stereocenters. The van der Waals surface area contributed by atoms with Crippen molar-refractivity contribution in [2.24, 2.45) is 11.1 Å². The van der Waals surface area contributed by atoms with E-state index in [1.54, 1.807) is 6.07 Å². The zero-order valence-electron chi connectivity index (χ0n) is 13.1. The number of carbonyl (C=O) groups excluding carboxylic acids is 1. The number of piperidine rings is 1. The van der Waals surface area contributed by atoms with E-state index in [0.717, 1.165) is 38.3 Å². The standard InChI is InChI=1S/C17H22F2N2O2/c18-13-3-2-12(10-14(13)19)11-21-7-1-4-17(15(21)16(20)22)5-8-23-9-6-17/h2-3,10,15H,1,4-9,11H2,(H2,20,22). The molecule has 1 aromatic rings. The molecule has 2 saturated heterocycles. The molecule has 126 valence electrons. The van der Waals surface area contributed by atoms with Crippen molar-refractivity contribution in [1.82, 2.24) is 4.90 Å². The topological polar surface area (TPSA) is 55.6 Å². The second-order valence-electron chi connectivity index (χ2n) is 6.60. The van der Waals surface area contributed by atoms with Crippen LogP contribution in [0.25, 0.3) is 0 Å². The van der Waals surface area contributed by atoms with Crippen LogP contribution in [0.2, 0.25) is 0 Å². The van der Waals surface area contributed by atoms with E-state index in [4.69, 9.17) is 10.5 Å². The molecule has 0 aromatic heterocycles. The summed E-state index contributed by atoms with van der Waals surface area (Å²) in [6.45, 7) is 2.41. The van der Waals surface area contributed by atoms with Gasteiger partial charge in [-0.05, 0) is 55.3 Å². The molecule has 0 radical (unpaired) electrons. The molecule has 1 spiro atoms. The monoisotopic (exact) mass is 324 g/mol. The highest BCUT2D eigenvalue weighted by atomic mass is 19.2. The predicted octanol–water partition coefficient (Wildman–Crippen LogP) is 2.21. The first kappa shape index (κ1) is 16.3. The summed E-state index contributed by atoms with van der Waals surface area (Å²) in [5, 5.41) is 0. The number of halogens is 2. The zero-order valence-corrected chi connectivity index (χ0v) is 13.1. The number of hydrogen-bond acceptors (Lipinski definition) is 3. The molecule has 2 aliphatic rings. The lowest BCUT2D eigenvalue weighted by molar-refractivity contribution is -0.138. The summed E-state index contributed by atoms with van der Waals surface area (Å²) < 4.78 is 32.0. The Hall–Kier alpha value is -1.53. The smallest absolute Gasteiger partial charge is 0.235 e. The summed E-state index contributed by atoms with van der Waals surface area (Å²) in [4.78, 5) is 14.2. The van der Waals surface area contributed by atoms with E-state index in [1.165, 1.54) is 6.07 Å². The first-order chi connectivity index (χ1) is 11.0. The minimum absolute atomic E-state index is 0.152. The number of primary amides is 1. The molecule has 1 amide bonds. The van der Waals surface area contributed by atoms with Gasteiger partial charge in [-0.25, -0.2) is 8.78 Å². The van der Waals surface area contributed by atoms with Crippen LogP contribution in [0.5, 0.6) is 0 Å². The van der Waals surface area contributed by atoms with E-state index in [9.17, 15) is 13.6 Å². The second kappa shape index (κ2) is 6.53. The fourth-order valence-electron chi connectivity index (χ4n) is 4.11. The van der Waals surface area contributed by atoms with Gasteiger partial charge in [0.15, 0.2) is 11.6 Å². The Labute approximate surface area is 134 Å². The van der Waals surface area contributed by atoms with Gasteiger partial charge in [0.05, 0.1) is 6.04 Å². The summed E-state index contributed by atoms with van der Waals surface area (Å²) in [6, 6.07) is 3.49. The number of nitrogens with zero attached hydrogens (tertiary/aromatic N) is 1. The summed E-state index contributed by atoms with van der Waals surface area (Å²) in [6.07, 6.45) is 3.55. The normalized spacial score (nSPS) is 24.7. The number of nitrogens with two attached hydrogens (primary N) is 1. The van der Waals surface area contributed by atoms with Crippen molar-refractivity contribution < 1.29 is 18.3 Å². The lowest BCUT2D eigenvalue weighted by Crippen LogP contribution is -2.59. The van der Waals surface area contributed by atoms with Crippen LogP contribution in [-0.4, -0.2) is 36.6 Å². The number of rotatable bonds is 3. The number of benzene rings is 1. The Balaban J connectivity index is 1.84. The number of ether oxygens (including phenoxy) is 1. The van der Waals surface area contributed by atoms with Crippen LogP contribution in [0.15, 0.2) is 18.2 Å². The van der Waals surface area contributed by atoms with Crippen LogP contribution in [0.4, 0.5) is 8.78 Å². The van der Waals surface area contributed by atoms with Crippen LogP contribution in [0, 0.1) is 17.0 Å². The lowest BCUT2D eigenvalue weighted by atomic mass is 9.67. The van der Waals surface area contributed by atoms with Gasteiger partial charge >= 0.3 is 0 Å². The van der Waals surface area contributed by atoms with Gasteiger partial charge in [-0.15, -0.1) is 0 Å². The van der Waals surface area contributed by atoms with Crippen molar-refractivity contribution in [3.63, 3.8) is 0 Å². The van der Waals surface area contributed by atoms with Crippen LogP contribution < -0.4 is 5.73 Å². The number of carbonyl (C=O) groups is 1. The third-order valence-corrected chi connectivity index (χ3v) is 5.19. The molecule has 1 aromatic carbocycles. The quantitative estimate of drug-likeness (QED) is 0.927. The second-order valence-corrected chi connectivity index (χ2v) is 6.60. The van der Waals surface area contributed by atoms with Gasteiger partial charge in [0.25, 0.3) is 0 Å². The van der Waals surface area contributed by atoms with Crippen LogP contribution in [0.1, 0.15) is 31.2 Å². The molecule has 2 aliphatic heterocycles. The lowest BCUT2D eigenvalue weighted by Gasteiger charge is -2.50. The molecule has 0 bridgehead atoms. The van der Waals surface area contributed by atoms with Crippen molar-refractivity contribution in [2.45, 2.75) is 38.3 Å². The summed E-state index contributed by atoms with van der Waals surface area (Å²) in [7, 11) is 0. The molecular formula is C17H22F2N2O2. The minimum atomic E-state index is -0.865. The van der Waals surface area contributed by atoms with Crippen molar-refractivity contribution >= 4 is 5.91 Å². The van der Waals surface area contributed by atoms with Crippen molar-refractivity contribution in [3.8, 4) is 0 Å². The molecular weight excluding hydrogens is 302 g/mol. The van der Waals surface area contributed by atoms with Gasteiger partial charge in [-0.2, -0.15) is 0 Å². The summed E-state index contributed by atoms with van der Waals surface area (Å²) in [5.74, 6) is -2.06. The maximum absolute atomic E-state index is 13.4. The maximum atomic E-state index is 13.4. The maximum Gasteiger partial charge on any atom is 0.235 e. The predicted molar refractivity (Wildman–Crippen MR) is 81.5 cm³/mol. The fraction of sp³-hybridized carbons (Fsp3) is 0.588. The Morgan fingerprint density at radius 1 is 1.26 bits per heavy atom. The minimum Gasteiger partial charge on any atom is -0.381 e. The van der Waals surface area contributed by atoms with Crippen LogP contribution in [-0.2, 0) is 16.1 Å². The molecule has 1 atom stereocenters. The van der Waals surface area contributed by atoms with Gasteiger partial charge in [0.2, 0.25) is 5.91 Å². The van der Waals surface area contributed by atoms with E-state index in [0.29, 0.717) is 25.3 Å². The van der Waals surface area contributed by atoms with Gasteiger partial charge in [0.1, 0.15) is 0 Å². The van der Waals surface area contributed by atoms with E-state index in [-0.39, 0.29) is 17.4 Å². The highest BCUT2D eigenvalue weighted by Crippen LogP contribution is 2.44. The summed E-state index contributed by atoms with van der Waals surface area (Å²) in [5.41, 5.74) is 6.22. The third-order valence-electron chi connectivity index (χ3n) is 5.19. The van der Waals surface area contributed by atoms with E-state index < -0.39 is 11.6 Å². The molecule has 23 heavy (non-hydrogen) atoms. The highest BCUT2D eigenvalue weighted by Gasteiger charge is 2.48. The molecule has 4 nitrogen and oxygen atoms in total. The molecule has 2 N–H and O–H groups in total. The molecule has 6 heteroatoms. The Kier molecular flexibility index (Phi) is 4.64. The van der Waals surface area contributed by atoms with E-state index >= 15 is 0 Å². The highest BCUT2D eigenvalue weighted by molar-refractivity contribution is 5.81. The number of likely N-dealkylation sites (tertiary alicyclic amines) is 1. The molecule has 2 heterocycles. The Morgan fingerprint density at radius 2 is 2.00 bits per heavy atom. The number of amides is 1. The van der Waals surface area contributed by atoms with Crippen LogP contribution >= 0.6 is 0 Å². The first-order valence-corrected chi connectivity index (χ1v) is 8.07. The fourth-order valence-corrected chi connectivity index (χ4v) is 4.11. The van der Waals surface area contributed by atoms with E-state index in [1.807, 2.05) is 4.90 Å². The van der Waals surface area contributed by atoms with E-state index in [2.05, 4.69) is 0 Å². The first-order valence-electron chi connectivity index (χ1n) is 8.07. The largest absolute Gasteiger partial charge is 0.381 e. The average Bonchev–Trinajstić information content (AvgIpc) is 2.51. The molecule has 2 fully saturated rings. The van der Waals surface area contributed by atoms with Gasteiger partial charge in [-0.3, -0.25) is 9.69 Å². The summed E-state index contributed by atoms with van der Waals surface area (Å²) >= 11 is 0. The zero-order chi connectivity index (χ0) is 16.4. The SMILES string of the molecule is NC(=O)C1N(Cc2ccc(F)c(F)c2)CCCC12CCOCC2. The third kappa shape index (κ3) is 3.23.